The first-order chi connectivity index (χ1) is 15.8. The average Bonchev–Trinajstić information content (AvgIpc) is 2.78. The maximum atomic E-state index is 13.3. The summed E-state index contributed by atoms with van der Waals surface area (Å²) in [6.07, 6.45) is -8.08. The Hall–Kier alpha value is -3.96. The number of carboxylic acids is 1. The van der Waals surface area contributed by atoms with Crippen molar-refractivity contribution in [2.24, 2.45) is 0 Å². The third-order valence-corrected chi connectivity index (χ3v) is 4.56. The van der Waals surface area contributed by atoms with Gasteiger partial charge in [-0.3, -0.25) is 10.2 Å². The Bertz CT molecular complexity index is 1100. The molecule has 1 atom stereocenters. The molecule has 0 radical (unpaired) electrons. The number of carbonyl (C=O) groups excluding carboxylic acids is 1. The number of carbonyl (C=O) groups is 2. The van der Waals surface area contributed by atoms with Gasteiger partial charge in [-0.1, -0.05) is 18.2 Å². The highest BCUT2D eigenvalue weighted by atomic mass is 19.4. The van der Waals surface area contributed by atoms with E-state index in [0.29, 0.717) is 11.6 Å². The smallest absolute Gasteiger partial charge is 0.416 e. The van der Waals surface area contributed by atoms with Gasteiger partial charge < -0.3 is 20.5 Å². The van der Waals surface area contributed by atoms with E-state index in [1.165, 1.54) is 38.2 Å². The summed E-state index contributed by atoms with van der Waals surface area (Å²) < 4.78 is 70.9. The summed E-state index contributed by atoms with van der Waals surface area (Å²) in [7, 11) is 1.18. The van der Waals surface area contributed by atoms with Crippen LogP contribution in [0.15, 0.2) is 60.0 Å². The molecular weight excluding hydrogens is 465 g/mol. The molecule has 0 bridgehead atoms. The van der Waals surface area contributed by atoms with Gasteiger partial charge in [-0.2, -0.15) is 13.2 Å². The average molecular weight is 485 g/mol. The molecule has 0 heterocycles. The highest BCUT2D eigenvalue weighted by molar-refractivity contribution is 6.22. The van der Waals surface area contributed by atoms with Crippen LogP contribution in [0, 0.1) is 5.41 Å². The van der Waals surface area contributed by atoms with Gasteiger partial charge in [0, 0.05) is 7.05 Å². The zero-order valence-electron chi connectivity index (χ0n) is 17.8. The van der Waals surface area contributed by atoms with Crippen LogP contribution in [0.5, 0.6) is 5.75 Å². The van der Waals surface area contributed by atoms with Gasteiger partial charge >= 0.3 is 12.1 Å². The second kappa shape index (κ2) is 10.8. The molecule has 7 nitrogen and oxygen atoms in total. The van der Waals surface area contributed by atoms with E-state index in [9.17, 15) is 31.5 Å². The Morgan fingerprint density at radius 2 is 1.71 bits per heavy atom. The highest BCUT2D eigenvalue weighted by Gasteiger charge is 2.32. The highest BCUT2D eigenvalue weighted by Crippen LogP contribution is 2.32. The Kier molecular flexibility index (Phi) is 8.33. The lowest BCUT2D eigenvalue weighted by Gasteiger charge is -2.20. The van der Waals surface area contributed by atoms with Crippen LogP contribution in [0.2, 0.25) is 0 Å². The first kappa shape index (κ1) is 26.3. The number of rotatable bonds is 9. The lowest BCUT2D eigenvalue weighted by molar-refractivity contribution is -0.137. The van der Waals surface area contributed by atoms with Crippen molar-refractivity contribution < 1.29 is 41.4 Å². The van der Waals surface area contributed by atoms with Crippen molar-refractivity contribution in [3.63, 3.8) is 0 Å². The Labute approximate surface area is 190 Å². The lowest BCUT2D eigenvalue weighted by Crippen LogP contribution is -2.36. The van der Waals surface area contributed by atoms with Crippen LogP contribution in [-0.4, -0.2) is 36.2 Å². The third kappa shape index (κ3) is 6.53. The van der Waals surface area contributed by atoms with Crippen molar-refractivity contribution >= 4 is 17.6 Å². The molecule has 34 heavy (non-hydrogen) atoms. The fourth-order valence-electron chi connectivity index (χ4n) is 2.80. The normalized spacial score (nSPS) is 13.1. The summed E-state index contributed by atoms with van der Waals surface area (Å²) in [6.45, 7) is 1.49. The Morgan fingerprint density at radius 3 is 2.21 bits per heavy atom. The monoisotopic (exact) mass is 485 g/mol. The minimum atomic E-state index is -4.69. The number of aromatic carboxylic acids is 1. The minimum Gasteiger partial charge on any atom is -0.478 e. The van der Waals surface area contributed by atoms with Crippen molar-refractivity contribution in [3.8, 4) is 5.75 Å². The van der Waals surface area contributed by atoms with Crippen LogP contribution >= 0.6 is 0 Å². The van der Waals surface area contributed by atoms with Crippen LogP contribution in [0.25, 0.3) is 0 Å². The molecule has 2 aromatic carbocycles. The number of benzene rings is 2. The molecule has 0 aromatic heterocycles. The van der Waals surface area contributed by atoms with Gasteiger partial charge in [0.25, 0.3) is 12.3 Å². The SMILES string of the molecule is CN/C(Oc1cccc(C(F)(F)F)c1)=C(\C(=N)C(F)F)C(=O)N[C@@H](C)c1ccc(C(=O)O)cc1. The number of alkyl halides is 5. The van der Waals surface area contributed by atoms with E-state index >= 15 is 0 Å². The fraction of sp³-hybridized carbons (Fsp3) is 0.227. The molecule has 0 aliphatic carbocycles. The molecule has 0 unspecified atom stereocenters. The number of halogens is 5. The molecule has 0 aliphatic heterocycles. The molecule has 1 amide bonds. The summed E-state index contributed by atoms with van der Waals surface area (Å²) in [5.74, 6) is -3.37. The number of hydrogen-bond acceptors (Lipinski definition) is 5. The van der Waals surface area contributed by atoms with E-state index in [1.54, 1.807) is 0 Å². The topological polar surface area (TPSA) is 112 Å². The quantitative estimate of drug-likeness (QED) is 0.182. The molecule has 0 saturated carbocycles. The van der Waals surface area contributed by atoms with E-state index in [-0.39, 0.29) is 5.56 Å². The predicted molar refractivity (Wildman–Crippen MR) is 112 cm³/mol. The van der Waals surface area contributed by atoms with E-state index in [2.05, 4.69) is 10.6 Å². The molecule has 2 aromatic rings. The summed E-state index contributed by atoms with van der Waals surface area (Å²) in [5, 5.41) is 21.4. The van der Waals surface area contributed by atoms with E-state index in [4.69, 9.17) is 15.3 Å². The predicted octanol–water partition coefficient (Wildman–Crippen LogP) is 4.38. The summed E-state index contributed by atoms with van der Waals surface area (Å²) in [5.41, 5.74) is -2.96. The van der Waals surface area contributed by atoms with Gasteiger partial charge in [0.1, 0.15) is 17.0 Å². The molecule has 12 heteroatoms. The first-order valence-corrected chi connectivity index (χ1v) is 9.63. The van der Waals surface area contributed by atoms with Crippen LogP contribution in [0.1, 0.15) is 34.5 Å². The van der Waals surface area contributed by atoms with Gasteiger partial charge in [-0.25, -0.2) is 13.6 Å². The second-order valence-corrected chi connectivity index (χ2v) is 6.92. The van der Waals surface area contributed by atoms with Crippen LogP contribution in [0.4, 0.5) is 22.0 Å². The summed E-state index contributed by atoms with van der Waals surface area (Å²) in [4.78, 5) is 23.8. The maximum absolute atomic E-state index is 13.3. The standard InChI is InChI=1S/C22H20F5N3O4/c1-11(12-6-8-13(9-7-12)21(32)33)30-19(31)16(17(28)18(23)24)20(29-2)34-15-5-3-4-14(10-15)22(25,26)27/h3-11,18,28-29H,1-2H3,(H,30,31)(H,32,33)/b20-16-,28-17?/t11-/m0/s1. The molecule has 182 valence electrons. The Balaban J connectivity index is 2.39. The number of ether oxygens (including phenoxy) is 1. The van der Waals surface area contributed by atoms with Gasteiger partial charge in [0.05, 0.1) is 17.2 Å². The molecule has 0 saturated heterocycles. The number of hydrogen-bond donors (Lipinski definition) is 4. The second-order valence-electron chi connectivity index (χ2n) is 6.92. The maximum Gasteiger partial charge on any atom is 0.416 e. The van der Waals surface area contributed by atoms with Crippen molar-refractivity contribution in [3.05, 3.63) is 76.7 Å². The van der Waals surface area contributed by atoms with Crippen LogP contribution in [-0.2, 0) is 11.0 Å². The molecular formula is C22H20F5N3O4. The third-order valence-electron chi connectivity index (χ3n) is 4.56. The van der Waals surface area contributed by atoms with Gasteiger partial charge in [-0.15, -0.1) is 0 Å². The fourth-order valence-corrected chi connectivity index (χ4v) is 2.80. The van der Waals surface area contributed by atoms with Crippen LogP contribution in [0.3, 0.4) is 0 Å². The minimum absolute atomic E-state index is 0.00528. The van der Waals surface area contributed by atoms with Crippen molar-refractivity contribution in [2.75, 3.05) is 7.05 Å². The number of nitrogens with one attached hydrogen (secondary N) is 3. The van der Waals surface area contributed by atoms with Crippen molar-refractivity contribution in [1.29, 1.82) is 5.41 Å². The van der Waals surface area contributed by atoms with Crippen LogP contribution < -0.4 is 15.4 Å². The van der Waals surface area contributed by atoms with E-state index in [0.717, 1.165) is 18.2 Å². The first-order valence-electron chi connectivity index (χ1n) is 9.63. The number of carboxylic acid groups (broad SMARTS) is 1. The Morgan fingerprint density at radius 1 is 1.09 bits per heavy atom. The van der Waals surface area contributed by atoms with Crippen molar-refractivity contribution in [1.82, 2.24) is 10.6 Å². The molecule has 0 fully saturated rings. The zero-order chi connectivity index (χ0) is 25.6. The molecule has 2 rings (SSSR count). The summed E-state index contributed by atoms with van der Waals surface area (Å²) >= 11 is 0. The van der Waals surface area contributed by atoms with E-state index in [1.807, 2.05) is 0 Å². The van der Waals surface area contributed by atoms with Crippen molar-refractivity contribution in [2.45, 2.75) is 25.6 Å². The molecule has 0 spiro atoms. The molecule has 0 aliphatic rings. The van der Waals surface area contributed by atoms with Gasteiger partial charge in [0.2, 0.25) is 5.88 Å². The summed E-state index contributed by atoms with van der Waals surface area (Å²) in [6, 6.07) is 8.15. The largest absolute Gasteiger partial charge is 0.478 e. The van der Waals surface area contributed by atoms with E-state index < -0.39 is 59.0 Å². The van der Waals surface area contributed by atoms with Gasteiger partial charge in [-0.05, 0) is 42.8 Å². The zero-order valence-corrected chi connectivity index (χ0v) is 17.8. The van der Waals surface area contributed by atoms with Gasteiger partial charge in [0.15, 0.2) is 0 Å². The lowest BCUT2D eigenvalue weighted by atomic mass is 10.0. The molecule has 4 N–H and O–H groups in total. The number of amides is 1.